The molecular weight excluding hydrogens is 280 g/mol. The highest BCUT2D eigenvalue weighted by Crippen LogP contribution is 2.27. The molecule has 2 rings (SSSR count). The number of aromatic nitrogens is 2. The van der Waals surface area contributed by atoms with Gasteiger partial charge in [-0.3, -0.25) is 0 Å². The van der Waals surface area contributed by atoms with Gasteiger partial charge in [0.25, 0.3) is 4.96 Å². The third-order valence-corrected chi connectivity index (χ3v) is 3.38. The van der Waals surface area contributed by atoms with Gasteiger partial charge in [-0.1, -0.05) is 25.2 Å². The fraction of sp³-hybridized carbons (Fsp3) is 0.583. The van der Waals surface area contributed by atoms with Gasteiger partial charge in [0.05, 0.1) is 0 Å². The van der Waals surface area contributed by atoms with Crippen LogP contribution in [0.4, 0.5) is 11.6 Å². The average molecular weight is 298 g/mol. The van der Waals surface area contributed by atoms with Crippen molar-refractivity contribution in [3.8, 4) is 0 Å². The minimum absolute atomic E-state index is 0.00986. The Morgan fingerprint density at radius 3 is 3.10 bits per heavy atom. The van der Waals surface area contributed by atoms with Crippen molar-refractivity contribution in [2.24, 2.45) is 5.92 Å². The molecule has 0 aliphatic heterocycles. The van der Waals surface area contributed by atoms with E-state index < -0.39 is 4.92 Å². The maximum atomic E-state index is 11.1. The Morgan fingerprint density at radius 1 is 1.60 bits per heavy atom. The van der Waals surface area contributed by atoms with Gasteiger partial charge in [-0.15, -0.1) is 0 Å². The first kappa shape index (κ1) is 14.7. The minimum atomic E-state index is -0.412. The Morgan fingerprint density at radius 2 is 2.40 bits per heavy atom. The van der Waals surface area contributed by atoms with E-state index in [4.69, 9.17) is 4.74 Å². The van der Waals surface area contributed by atoms with E-state index in [1.807, 2.05) is 0 Å². The Hall–Kier alpha value is -1.67. The van der Waals surface area contributed by atoms with E-state index in [0.717, 1.165) is 13.0 Å². The van der Waals surface area contributed by atoms with Gasteiger partial charge in [0.2, 0.25) is 5.82 Å². The SMILES string of the molecule is CC(C)COCCCNc1nc2sccn2c1[N+](=O)[O-]. The third-order valence-electron chi connectivity index (χ3n) is 2.62. The zero-order valence-corrected chi connectivity index (χ0v) is 12.4. The van der Waals surface area contributed by atoms with E-state index >= 15 is 0 Å². The Kier molecular flexibility index (Phi) is 4.91. The van der Waals surface area contributed by atoms with Crippen molar-refractivity contribution in [1.82, 2.24) is 9.38 Å². The maximum absolute atomic E-state index is 11.1. The fourth-order valence-electron chi connectivity index (χ4n) is 1.77. The molecule has 110 valence electrons. The number of nitrogens with one attached hydrogen (secondary N) is 1. The van der Waals surface area contributed by atoms with E-state index in [-0.39, 0.29) is 5.82 Å². The molecule has 0 saturated heterocycles. The number of fused-ring (bicyclic) bond motifs is 1. The normalized spacial score (nSPS) is 11.3. The fourth-order valence-corrected chi connectivity index (χ4v) is 2.48. The van der Waals surface area contributed by atoms with Crippen LogP contribution in [0.2, 0.25) is 0 Å². The van der Waals surface area contributed by atoms with Gasteiger partial charge in [0.1, 0.15) is 6.20 Å². The van der Waals surface area contributed by atoms with Crippen LogP contribution in [-0.4, -0.2) is 34.1 Å². The molecule has 1 N–H and O–H groups in total. The molecular formula is C12H18N4O3S. The lowest BCUT2D eigenvalue weighted by Gasteiger charge is -2.07. The largest absolute Gasteiger partial charge is 0.381 e. The second-order valence-corrected chi connectivity index (χ2v) is 5.72. The lowest BCUT2D eigenvalue weighted by Crippen LogP contribution is -2.09. The number of nitrogens with zero attached hydrogens (tertiary/aromatic N) is 3. The summed E-state index contributed by atoms with van der Waals surface area (Å²) in [5.41, 5.74) is 0. The van der Waals surface area contributed by atoms with Crippen LogP contribution in [-0.2, 0) is 4.74 Å². The Balaban J connectivity index is 1.88. The van der Waals surface area contributed by atoms with Crippen LogP contribution in [0.1, 0.15) is 20.3 Å². The summed E-state index contributed by atoms with van der Waals surface area (Å²) in [6.45, 7) is 6.17. The maximum Gasteiger partial charge on any atom is 0.372 e. The molecule has 2 aromatic heterocycles. The Bertz CT molecular complexity index is 578. The van der Waals surface area contributed by atoms with Crippen LogP contribution < -0.4 is 5.32 Å². The highest BCUT2D eigenvalue weighted by Gasteiger charge is 2.22. The van der Waals surface area contributed by atoms with Crippen LogP contribution in [0.3, 0.4) is 0 Å². The first-order valence-corrected chi connectivity index (χ1v) is 7.39. The number of hydrogen-bond acceptors (Lipinski definition) is 6. The number of nitro groups is 1. The topological polar surface area (TPSA) is 81.7 Å². The standard InChI is InChI=1S/C12H18N4O3S/c1-9(2)8-19-6-3-4-13-10-11(16(17)18)15-5-7-20-12(15)14-10/h5,7,9,13H,3-4,6,8H2,1-2H3. The summed E-state index contributed by atoms with van der Waals surface area (Å²) < 4.78 is 6.95. The zero-order valence-electron chi connectivity index (χ0n) is 11.5. The van der Waals surface area contributed by atoms with Gasteiger partial charge in [-0.25, -0.2) is 0 Å². The molecule has 7 nitrogen and oxygen atoms in total. The molecule has 0 radical (unpaired) electrons. The van der Waals surface area contributed by atoms with Crippen molar-refractivity contribution < 1.29 is 9.66 Å². The lowest BCUT2D eigenvalue weighted by atomic mass is 10.2. The zero-order chi connectivity index (χ0) is 14.5. The minimum Gasteiger partial charge on any atom is -0.381 e. The first-order valence-electron chi connectivity index (χ1n) is 6.51. The monoisotopic (exact) mass is 298 g/mol. The second kappa shape index (κ2) is 6.67. The van der Waals surface area contributed by atoms with Crippen LogP contribution in [0.25, 0.3) is 4.96 Å². The molecule has 0 unspecified atom stereocenters. The van der Waals surface area contributed by atoms with Crippen molar-refractivity contribution in [2.75, 3.05) is 25.1 Å². The molecule has 0 aliphatic carbocycles. The number of anilines is 1. The molecule has 20 heavy (non-hydrogen) atoms. The van der Waals surface area contributed by atoms with Crippen molar-refractivity contribution in [3.05, 3.63) is 21.7 Å². The molecule has 0 bridgehead atoms. The number of imidazole rings is 1. The van der Waals surface area contributed by atoms with Gasteiger partial charge in [0.15, 0.2) is 0 Å². The molecule has 0 saturated carbocycles. The molecule has 2 aromatic rings. The number of thiazole rings is 1. The van der Waals surface area contributed by atoms with Crippen LogP contribution >= 0.6 is 11.3 Å². The second-order valence-electron chi connectivity index (χ2n) is 4.85. The van der Waals surface area contributed by atoms with Crippen molar-refractivity contribution in [1.29, 1.82) is 0 Å². The molecule has 0 spiro atoms. The highest BCUT2D eigenvalue weighted by atomic mass is 32.1. The molecule has 0 aromatic carbocycles. The van der Waals surface area contributed by atoms with Gasteiger partial charge in [-0.2, -0.15) is 9.38 Å². The van der Waals surface area contributed by atoms with Gasteiger partial charge in [0, 0.05) is 25.1 Å². The van der Waals surface area contributed by atoms with Crippen molar-refractivity contribution >= 4 is 27.9 Å². The number of rotatable bonds is 8. The Labute approximate surface area is 120 Å². The molecule has 0 aliphatic rings. The number of hydrogen-bond donors (Lipinski definition) is 1. The predicted octanol–water partition coefficient (Wildman–Crippen LogP) is 2.78. The van der Waals surface area contributed by atoms with Gasteiger partial charge < -0.3 is 20.2 Å². The molecule has 0 atom stereocenters. The number of ether oxygens (including phenoxy) is 1. The van der Waals surface area contributed by atoms with Crippen LogP contribution in [0.5, 0.6) is 0 Å². The van der Waals surface area contributed by atoms with E-state index in [1.165, 1.54) is 15.7 Å². The summed E-state index contributed by atoms with van der Waals surface area (Å²) in [7, 11) is 0. The molecule has 2 heterocycles. The lowest BCUT2D eigenvalue weighted by molar-refractivity contribution is -0.389. The quantitative estimate of drug-likeness (QED) is 0.460. The summed E-state index contributed by atoms with van der Waals surface area (Å²) in [6, 6.07) is 0. The van der Waals surface area contributed by atoms with Gasteiger partial charge in [-0.05, 0) is 17.3 Å². The van der Waals surface area contributed by atoms with Crippen LogP contribution in [0, 0.1) is 16.0 Å². The van der Waals surface area contributed by atoms with Crippen molar-refractivity contribution in [2.45, 2.75) is 20.3 Å². The summed E-state index contributed by atoms with van der Waals surface area (Å²) in [4.78, 5) is 15.5. The highest BCUT2D eigenvalue weighted by molar-refractivity contribution is 7.15. The van der Waals surface area contributed by atoms with E-state index in [0.29, 0.717) is 29.8 Å². The third kappa shape index (κ3) is 3.45. The van der Waals surface area contributed by atoms with E-state index in [9.17, 15) is 10.1 Å². The van der Waals surface area contributed by atoms with Crippen LogP contribution in [0.15, 0.2) is 11.6 Å². The molecule has 0 fully saturated rings. The molecule has 0 amide bonds. The summed E-state index contributed by atoms with van der Waals surface area (Å²) in [5, 5.41) is 15.9. The average Bonchev–Trinajstić information content (AvgIpc) is 2.92. The van der Waals surface area contributed by atoms with E-state index in [1.54, 1.807) is 11.6 Å². The predicted molar refractivity (Wildman–Crippen MR) is 78.5 cm³/mol. The summed E-state index contributed by atoms with van der Waals surface area (Å²) in [5.74, 6) is 0.832. The van der Waals surface area contributed by atoms with E-state index in [2.05, 4.69) is 24.1 Å². The van der Waals surface area contributed by atoms with Crippen molar-refractivity contribution in [3.63, 3.8) is 0 Å². The first-order chi connectivity index (χ1) is 9.59. The van der Waals surface area contributed by atoms with Gasteiger partial charge >= 0.3 is 5.82 Å². The smallest absolute Gasteiger partial charge is 0.372 e. The molecule has 8 heteroatoms. The summed E-state index contributed by atoms with van der Waals surface area (Å²) in [6.07, 6.45) is 2.44. The summed E-state index contributed by atoms with van der Waals surface area (Å²) >= 11 is 1.37.